The number of ether oxygens (including phenoxy) is 12. The van der Waals surface area contributed by atoms with Gasteiger partial charge in [-0.25, -0.2) is 14.4 Å². The van der Waals surface area contributed by atoms with Gasteiger partial charge < -0.3 is 97.7 Å². The van der Waals surface area contributed by atoms with Gasteiger partial charge in [0, 0.05) is 49.7 Å². The number of hydrogen-bond donors (Lipinski definition) is 8. The lowest BCUT2D eigenvalue weighted by Crippen LogP contribution is -2.78. The average Bonchev–Trinajstić information content (AvgIpc) is 1.43. The summed E-state index contributed by atoms with van der Waals surface area (Å²) >= 11 is 0. The van der Waals surface area contributed by atoms with Gasteiger partial charge in [-0.15, -0.1) is 0 Å². The largest absolute Gasteiger partial charge is 0.458 e. The molecule has 6 spiro atoms. The molecule has 0 amide bonds. The third-order valence-electron chi connectivity index (χ3n) is 27.4. The molecule has 0 aromatic rings. The van der Waals surface area contributed by atoms with Crippen LogP contribution in [0.5, 0.6) is 0 Å². The summed E-state index contributed by atoms with van der Waals surface area (Å²) in [7, 11) is 0. The number of aliphatic hydroxyl groups excluding tert-OH is 5. The van der Waals surface area contributed by atoms with Gasteiger partial charge in [-0.2, -0.15) is 0 Å². The third-order valence-corrected chi connectivity index (χ3v) is 27.4. The Morgan fingerprint density at radius 3 is 1.34 bits per heavy atom. The first-order chi connectivity index (χ1) is 39.0. The molecule has 21 aliphatic rings. The van der Waals surface area contributed by atoms with Crippen molar-refractivity contribution in [2.75, 3.05) is 19.8 Å². The maximum atomic E-state index is 13.7. The summed E-state index contributed by atoms with van der Waals surface area (Å²) in [6.07, 6.45) is -6.92. The van der Waals surface area contributed by atoms with Crippen LogP contribution in [0, 0.1) is 28.1 Å². The first kappa shape index (κ1) is 51.6. The minimum absolute atomic E-state index is 0.0286. The summed E-state index contributed by atoms with van der Waals surface area (Å²) in [6.45, 7) is 15.4. The van der Waals surface area contributed by atoms with Gasteiger partial charge in [-0.1, -0.05) is 55.4 Å². The van der Waals surface area contributed by atoms with Gasteiger partial charge in [0.1, 0.15) is 150 Å². The SMILES string of the molecule is CC(C)[C@]12O[C@H]1[C@@H]1O[C@@]13[C@@]1(C)CCC4=C(COC4=O)[C@]1(O)[C@@H](O)[C@@H]1O[C@@]13C2=O.CC(C)[C@]12O[C@H]1[C@@H]1O[C@]13[C@]1(O[C@H]1[C@H](O)[C@@]1(O)C4=C(CC[C@]31C)C(=O)OC4)[C@@H]2O.CC[C@]12O[C@H]1[C@@H]1O[C@]13[C@]1(O[C@H]1[C@H](O)[C@@]1(O)C4=C(CC[C@]31C)C(=O)OC4)[C@H]2O. The molecule has 83 heavy (non-hydrogen) atoms. The number of fused-ring (bicyclic) bond motifs is 12. The Bertz CT molecular complexity index is 3400. The lowest BCUT2D eigenvalue weighted by atomic mass is 9.44. The van der Waals surface area contributed by atoms with E-state index < -0.39 is 150 Å². The highest BCUT2D eigenvalue weighted by Gasteiger charge is 3.07. The highest BCUT2D eigenvalue weighted by Crippen LogP contribution is 2.87. The summed E-state index contributed by atoms with van der Waals surface area (Å²) < 4.78 is 70.6. The Kier molecular flexibility index (Phi) is 8.46. The molecule has 0 unspecified atom stereocenters. The van der Waals surface area contributed by atoms with E-state index in [2.05, 4.69) is 0 Å². The van der Waals surface area contributed by atoms with E-state index in [9.17, 15) is 60.0 Å². The molecule has 0 bridgehead atoms. The number of cyclic esters (lactones) is 3. The Morgan fingerprint density at radius 1 is 0.458 bits per heavy atom. The summed E-state index contributed by atoms with van der Waals surface area (Å²) in [6, 6.07) is 0. The van der Waals surface area contributed by atoms with Crippen LogP contribution in [0.3, 0.4) is 0 Å². The molecule has 12 aliphatic heterocycles. The molecule has 0 radical (unpaired) electrons. The van der Waals surface area contributed by atoms with E-state index in [0.717, 1.165) is 0 Å². The number of carbonyl (C=O) groups is 4. The van der Waals surface area contributed by atoms with Gasteiger partial charge in [-0.05, 0) is 56.8 Å². The smallest absolute Gasteiger partial charge is 0.334 e. The van der Waals surface area contributed by atoms with Crippen molar-refractivity contribution >= 4 is 23.7 Å². The predicted octanol–water partition coefficient (Wildman–Crippen LogP) is -2.47. The third kappa shape index (κ3) is 4.33. The molecule has 24 nitrogen and oxygen atoms in total. The number of hydrogen-bond acceptors (Lipinski definition) is 24. The summed E-state index contributed by atoms with van der Waals surface area (Å²) in [4.78, 5) is 50.0. The molecule has 448 valence electrons. The number of aliphatic hydroxyl groups is 8. The molecule has 24 heteroatoms. The van der Waals surface area contributed by atoms with Crippen molar-refractivity contribution in [3.63, 3.8) is 0 Å². The van der Waals surface area contributed by atoms with Crippen molar-refractivity contribution in [3.8, 4) is 0 Å². The van der Waals surface area contributed by atoms with Crippen molar-refractivity contribution in [1.29, 1.82) is 0 Å². The Balaban J connectivity index is 0.0000000922. The van der Waals surface area contributed by atoms with E-state index in [1.807, 2.05) is 55.4 Å². The zero-order chi connectivity index (χ0) is 58.1. The fourth-order valence-corrected chi connectivity index (χ4v) is 22.8. The average molecular weight is 1160 g/mol. The number of carbonyl (C=O) groups excluding carboxylic acids is 4. The predicted molar refractivity (Wildman–Crippen MR) is 264 cm³/mol. The lowest BCUT2D eigenvalue weighted by molar-refractivity contribution is -0.205. The van der Waals surface area contributed by atoms with Crippen LogP contribution in [0.1, 0.15) is 100 Å². The molecule has 12 heterocycles. The van der Waals surface area contributed by atoms with Crippen molar-refractivity contribution < 1.29 is 117 Å². The second-order valence-electron chi connectivity index (χ2n) is 29.5. The van der Waals surface area contributed by atoms with Crippen LogP contribution in [0.15, 0.2) is 33.4 Å². The summed E-state index contributed by atoms with van der Waals surface area (Å²) in [5.41, 5.74) is -14.2. The van der Waals surface area contributed by atoms with Crippen LogP contribution < -0.4 is 0 Å². The van der Waals surface area contributed by atoms with Crippen molar-refractivity contribution in [1.82, 2.24) is 0 Å². The molecule has 0 aromatic heterocycles. The van der Waals surface area contributed by atoms with Crippen LogP contribution >= 0.6 is 0 Å². The standard InChI is InChI=1S/C20H24O8.C20H22O8.C19H22O8/c2*1-7(2)17-12(26-17)13-20(28-13)16(3)5-4-8-9(6-25-14(8)22)18(16,24)10(21)11-19(20,27-11)15(17)23;1-3-16-11(25-16)12-19(27-12)15(2)5-4-7-8(6-24-13(7)21)17(15,23)9(20)10-18(19,26-10)14(16)22/h7,10-13,15,21,23-24H,4-6H2,1-3H3;7,10-13,21,24H,4-6H2,1-3H3;9-12,14,20,22-23H,3-6H2,1-2H3/t10-,11-,12-,13-,15+,16-,17-,18-,19+,20+;10-,11-,12-,13-,16-,17-,18-,19+,20+;9-,10-,11-,12-,14-,15-,16-,17-,18+,19+/m000/s1. The fraction of sp³-hybridized carbons (Fsp3) is 0.831. The van der Waals surface area contributed by atoms with E-state index in [4.69, 9.17) is 56.8 Å². The molecule has 9 aliphatic carbocycles. The van der Waals surface area contributed by atoms with E-state index in [1.165, 1.54) is 0 Å². The molecule has 21 rings (SSSR count). The second kappa shape index (κ2) is 13.6. The number of ketones is 1. The summed E-state index contributed by atoms with van der Waals surface area (Å²) in [5, 5.41) is 92.3. The molecule has 29 atom stereocenters. The van der Waals surface area contributed by atoms with E-state index in [-0.39, 0.29) is 74.1 Å². The molecule has 9 saturated heterocycles. The molecule has 0 aromatic carbocycles. The molecule has 8 N–H and O–H groups in total. The summed E-state index contributed by atoms with van der Waals surface area (Å²) in [5.74, 6) is -1.45. The van der Waals surface area contributed by atoms with E-state index in [1.54, 1.807) is 0 Å². The van der Waals surface area contributed by atoms with E-state index >= 15 is 0 Å². The first-order valence-electron chi connectivity index (χ1n) is 30.0. The first-order valence-corrected chi connectivity index (χ1v) is 30.0. The van der Waals surface area contributed by atoms with Crippen molar-refractivity contribution in [3.05, 3.63) is 33.4 Å². The van der Waals surface area contributed by atoms with Crippen molar-refractivity contribution in [2.24, 2.45) is 28.1 Å². The van der Waals surface area contributed by atoms with Gasteiger partial charge in [-0.3, -0.25) is 4.79 Å². The Labute approximate surface area is 473 Å². The van der Waals surface area contributed by atoms with Gasteiger partial charge in [0.05, 0.1) is 0 Å². The minimum atomic E-state index is -1.75. The minimum Gasteiger partial charge on any atom is -0.458 e. The molecule has 6 saturated carbocycles. The van der Waals surface area contributed by atoms with Gasteiger partial charge in [0.15, 0.2) is 22.4 Å². The van der Waals surface area contributed by atoms with Gasteiger partial charge in [0.2, 0.25) is 5.78 Å². The van der Waals surface area contributed by atoms with Crippen molar-refractivity contribution in [2.45, 2.75) is 253 Å². The van der Waals surface area contributed by atoms with E-state index in [0.29, 0.717) is 78.4 Å². The topological polar surface area (TPSA) is 371 Å². The number of Topliss-reactive ketones (excluding diaryl/α,β-unsaturated/α-hetero) is 1. The highest BCUT2D eigenvalue weighted by atomic mass is 16.8. The van der Waals surface area contributed by atoms with Crippen LogP contribution in [0.2, 0.25) is 0 Å². The Morgan fingerprint density at radius 2 is 0.880 bits per heavy atom. The number of epoxide rings is 9. The van der Waals surface area contributed by atoms with Gasteiger partial charge in [0.25, 0.3) is 0 Å². The molecular weight excluding hydrogens is 1090 g/mol. The zero-order valence-electron chi connectivity index (χ0n) is 46.9. The zero-order valence-corrected chi connectivity index (χ0v) is 46.9. The maximum Gasteiger partial charge on any atom is 0.334 e. The van der Waals surface area contributed by atoms with Crippen LogP contribution in [0.4, 0.5) is 0 Å². The second-order valence-corrected chi connectivity index (χ2v) is 29.5. The van der Waals surface area contributed by atoms with Crippen LogP contribution in [-0.2, 0) is 76.0 Å². The molecule has 15 fully saturated rings. The highest BCUT2D eigenvalue weighted by molar-refractivity contribution is 6.05. The van der Waals surface area contributed by atoms with Gasteiger partial charge >= 0.3 is 17.9 Å². The quantitative estimate of drug-likeness (QED) is 0.0825. The normalized spacial score (nSPS) is 64.5. The maximum absolute atomic E-state index is 13.7. The van der Waals surface area contributed by atoms with Crippen LogP contribution in [0.25, 0.3) is 0 Å². The monoisotopic (exact) mass is 1160 g/mol. The fourth-order valence-electron chi connectivity index (χ4n) is 22.8. The van der Waals surface area contributed by atoms with Crippen LogP contribution in [-0.4, -0.2) is 237 Å². The number of rotatable bonds is 3. The molecular formula is C59H68O24. The number of esters is 3. The Hall–Kier alpha value is -3.38. The lowest BCUT2D eigenvalue weighted by Gasteiger charge is -2.59.